The Kier molecular flexibility index (Phi) is 4.88. The summed E-state index contributed by atoms with van der Waals surface area (Å²) in [6.45, 7) is 6.46. The topological polar surface area (TPSA) is 61.5 Å². The van der Waals surface area contributed by atoms with Gasteiger partial charge in [0.1, 0.15) is 17.4 Å². The number of benzene rings is 1. The Morgan fingerprint density at radius 3 is 2.90 bits per heavy atom. The summed E-state index contributed by atoms with van der Waals surface area (Å²) in [6.07, 6.45) is 1.88. The van der Waals surface area contributed by atoms with Crippen LogP contribution in [0.5, 0.6) is 5.75 Å². The molecule has 21 heavy (non-hydrogen) atoms. The van der Waals surface area contributed by atoms with Gasteiger partial charge in [0, 0.05) is 6.42 Å². The van der Waals surface area contributed by atoms with Crippen molar-refractivity contribution in [1.82, 2.24) is 0 Å². The average Bonchev–Trinajstić information content (AvgIpc) is 2.82. The Labute approximate surface area is 126 Å². The van der Waals surface area contributed by atoms with Gasteiger partial charge >= 0.3 is 5.97 Å². The number of ether oxygens (including phenoxy) is 2. The zero-order valence-corrected chi connectivity index (χ0v) is 13.1. The molecule has 0 saturated heterocycles. The van der Waals surface area contributed by atoms with Crippen molar-refractivity contribution in [1.29, 1.82) is 0 Å². The van der Waals surface area contributed by atoms with Crippen molar-refractivity contribution < 1.29 is 14.3 Å². The van der Waals surface area contributed by atoms with E-state index in [1.165, 1.54) is 5.56 Å². The molecular weight excluding hydrogens is 266 g/mol. The van der Waals surface area contributed by atoms with Crippen LogP contribution in [0.3, 0.4) is 0 Å². The molecule has 0 amide bonds. The van der Waals surface area contributed by atoms with Gasteiger partial charge in [0.05, 0.1) is 6.61 Å². The number of nitrogens with two attached hydrogens (primary N) is 1. The average molecular weight is 291 g/mol. The zero-order chi connectivity index (χ0) is 15.5. The lowest BCUT2D eigenvalue weighted by atomic mass is 9.99. The number of rotatable bonds is 5. The Morgan fingerprint density at radius 1 is 1.48 bits per heavy atom. The molecule has 0 bridgehead atoms. The van der Waals surface area contributed by atoms with E-state index in [9.17, 15) is 4.79 Å². The molecule has 1 aromatic rings. The van der Waals surface area contributed by atoms with E-state index < -0.39 is 5.54 Å². The number of esters is 1. The molecule has 4 heteroatoms. The monoisotopic (exact) mass is 291 g/mol. The fourth-order valence-corrected chi connectivity index (χ4v) is 2.73. The van der Waals surface area contributed by atoms with Crippen molar-refractivity contribution in [3.05, 3.63) is 29.8 Å². The van der Waals surface area contributed by atoms with E-state index in [1.807, 2.05) is 12.1 Å². The van der Waals surface area contributed by atoms with Gasteiger partial charge in [-0.2, -0.15) is 0 Å². The van der Waals surface area contributed by atoms with Crippen LogP contribution >= 0.6 is 0 Å². The van der Waals surface area contributed by atoms with Crippen LogP contribution in [0.25, 0.3) is 0 Å². The van der Waals surface area contributed by atoms with Crippen molar-refractivity contribution in [2.75, 3.05) is 6.61 Å². The molecule has 2 unspecified atom stereocenters. The van der Waals surface area contributed by atoms with E-state index >= 15 is 0 Å². The second-order valence-corrected chi connectivity index (χ2v) is 6.09. The molecule has 116 valence electrons. The van der Waals surface area contributed by atoms with Gasteiger partial charge in [0.25, 0.3) is 0 Å². The summed E-state index contributed by atoms with van der Waals surface area (Å²) in [4.78, 5) is 11.9. The smallest absolute Gasteiger partial charge is 0.326 e. The van der Waals surface area contributed by atoms with Crippen LogP contribution in [-0.2, 0) is 9.53 Å². The van der Waals surface area contributed by atoms with Gasteiger partial charge in [-0.3, -0.25) is 4.79 Å². The van der Waals surface area contributed by atoms with Crippen LogP contribution in [0.15, 0.2) is 24.3 Å². The maximum atomic E-state index is 11.9. The molecule has 0 spiro atoms. The summed E-state index contributed by atoms with van der Waals surface area (Å²) >= 11 is 0. The summed E-state index contributed by atoms with van der Waals surface area (Å²) in [7, 11) is 0. The molecule has 4 nitrogen and oxygen atoms in total. The van der Waals surface area contributed by atoms with E-state index in [1.54, 1.807) is 6.92 Å². The highest BCUT2D eigenvalue weighted by Gasteiger charge is 2.44. The normalized spacial score (nSPS) is 25.1. The molecule has 1 saturated carbocycles. The first kappa shape index (κ1) is 15.8. The fourth-order valence-electron chi connectivity index (χ4n) is 2.73. The lowest BCUT2D eigenvalue weighted by molar-refractivity contribution is -0.149. The van der Waals surface area contributed by atoms with Crippen LogP contribution in [-0.4, -0.2) is 24.2 Å². The number of hydrogen-bond acceptors (Lipinski definition) is 4. The van der Waals surface area contributed by atoms with Gasteiger partial charge in [0.15, 0.2) is 0 Å². The van der Waals surface area contributed by atoms with Gasteiger partial charge < -0.3 is 15.2 Å². The van der Waals surface area contributed by atoms with Crippen LogP contribution in [0.2, 0.25) is 0 Å². The first-order valence-corrected chi connectivity index (χ1v) is 7.67. The van der Waals surface area contributed by atoms with E-state index in [0.29, 0.717) is 25.4 Å². The van der Waals surface area contributed by atoms with E-state index in [0.717, 1.165) is 12.2 Å². The molecule has 1 aliphatic carbocycles. The minimum atomic E-state index is -0.893. The van der Waals surface area contributed by atoms with Crippen molar-refractivity contribution in [2.24, 2.45) is 5.73 Å². The van der Waals surface area contributed by atoms with Crippen LogP contribution in [0.1, 0.15) is 51.5 Å². The third-order valence-electron chi connectivity index (χ3n) is 4.01. The third kappa shape index (κ3) is 3.76. The number of carbonyl (C=O) groups excluding carboxylic acids is 1. The van der Waals surface area contributed by atoms with Gasteiger partial charge in [-0.25, -0.2) is 0 Å². The van der Waals surface area contributed by atoms with Gasteiger partial charge in [-0.05, 0) is 43.4 Å². The van der Waals surface area contributed by atoms with E-state index in [4.69, 9.17) is 15.2 Å². The highest BCUT2D eigenvalue weighted by atomic mass is 16.5. The molecule has 1 aromatic carbocycles. The first-order chi connectivity index (χ1) is 9.94. The molecule has 2 N–H and O–H groups in total. The lowest BCUT2D eigenvalue weighted by Gasteiger charge is -2.22. The molecule has 0 radical (unpaired) electrons. The fraction of sp³-hybridized carbons (Fsp3) is 0.588. The molecular formula is C17H25NO3. The maximum absolute atomic E-state index is 11.9. The van der Waals surface area contributed by atoms with Gasteiger partial charge in [0.2, 0.25) is 0 Å². The van der Waals surface area contributed by atoms with E-state index in [-0.39, 0.29) is 12.1 Å². The Balaban J connectivity index is 1.99. The predicted molar refractivity (Wildman–Crippen MR) is 82.3 cm³/mol. The Bertz CT molecular complexity index is 501. The summed E-state index contributed by atoms with van der Waals surface area (Å²) in [5, 5.41) is 0. The van der Waals surface area contributed by atoms with Crippen molar-refractivity contribution in [3.63, 3.8) is 0 Å². The predicted octanol–water partition coefficient (Wildman–Crippen LogP) is 3.00. The minimum Gasteiger partial charge on any atom is -0.490 e. The SMILES string of the molecule is CCOC(=O)C1(N)CCC(Oc2cccc(C(C)C)c2)C1. The third-order valence-corrected chi connectivity index (χ3v) is 4.01. The molecule has 1 fully saturated rings. The van der Waals surface area contributed by atoms with Gasteiger partial charge in [-0.15, -0.1) is 0 Å². The largest absolute Gasteiger partial charge is 0.490 e. The van der Waals surface area contributed by atoms with Crippen LogP contribution < -0.4 is 10.5 Å². The quantitative estimate of drug-likeness (QED) is 0.847. The van der Waals surface area contributed by atoms with Crippen LogP contribution in [0, 0.1) is 0 Å². The molecule has 0 heterocycles. The summed E-state index contributed by atoms with van der Waals surface area (Å²) in [5.41, 5.74) is 6.51. The molecule has 0 aliphatic heterocycles. The Hall–Kier alpha value is -1.55. The minimum absolute atomic E-state index is 0.0261. The van der Waals surface area contributed by atoms with Gasteiger partial charge in [-0.1, -0.05) is 26.0 Å². The number of hydrogen-bond donors (Lipinski definition) is 1. The summed E-state index contributed by atoms with van der Waals surface area (Å²) in [6, 6.07) is 8.11. The highest BCUT2D eigenvalue weighted by Crippen LogP contribution is 2.32. The summed E-state index contributed by atoms with van der Waals surface area (Å²) < 4.78 is 11.1. The van der Waals surface area contributed by atoms with Crippen LogP contribution in [0.4, 0.5) is 0 Å². The highest BCUT2D eigenvalue weighted by molar-refractivity contribution is 5.81. The first-order valence-electron chi connectivity index (χ1n) is 7.67. The molecule has 2 rings (SSSR count). The summed E-state index contributed by atoms with van der Waals surface area (Å²) in [5.74, 6) is 0.997. The second-order valence-electron chi connectivity index (χ2n) is 6.09. The van der Waals surface area contributed by atoms with Crippen molar-refractivity contribution >= 4 is 5.97 Å². The standard InChI is InChI=1S/C17H25NO3/c1-4-20-16(19)17(18)9-8-15(11-17)21-14-7-5-6-13(10-14)12(2)3/h5-7,10,12,15H,4,8-9,11,18H2,1-3H3. The Morgan fingerprint density at radius 2 is 2.24 bits per heavy atom. The van der Waals surface area contributed by atoms with Crippen molar-refractivity contribution in [3.8, 4) is 5.75 Å². The van der Waals surface area contributed by atoms with E-state index in [2.05, 4.69) is 26.0 Å². The lowest BCUT2D eigenvalue weighted by Crippen LogP contribution is -2.47. The number of carbonyl (C=O) groups is 1. The molecule has 1 aliphatic rings. The molecule has 0 aromatic heterocycles. The molecule has 2 atom stereocenters. The second kappa shape index (κ2) is 6.48. The van der Waals surface area contributed by atoms with Crippen molar-refractivity contribution in [2.45, 2.75) is 57.6 Å². The zero-order valence-electron chi connectivity index (χ0n) is 13.1. The maximum Gasteiger partial charge on any atom is 0.326 e.